The van der Waals surface area contributed by atoms with E-state index in [0.29, 0.717) is 36.3 Å². The Morgan fingerprint density at radius 3 is 2.87 bits per heavy atom. The number of nitrogens with zero attached hydrogens (tertiary/aromatic N) is 1. The van der Waals surface area contributed by atoms with Gasteiger partial charge in [0.25, 0.3) is 0 Å². The number of piperidine rings is 1. The molecule has 8 nitrogen and oxygen atoms in total. The van der Waals surface area contributed by atoms with E-state index >= 15 is 0 Å². The van der Waals surface area contributed by atoms with E-state index in [9.17, 15) is 19.8 Å². The van der Waals surface area contributed by atoms with Gasteiger partial charge in [-0.3, -0.25) is 9.59 Å². The number of carbonyl (C=O) groups excluding carboxylic acids is 1. The molecule has 5 rings (SSSR count). The second-order valence-electron chi connectivity index (χ2n) is 9.32. The number of likely N-dealkylation sites (tertiary alicyclic amines) is 1. The van der Waals surface area contributed by atoms with Crippen LogP contribution in [0.15, 0.2) is 24.0 Å². The van der Waals surface area contributed by atoms with Crippen molar-refractivity contribution in [2.45, 2.75) is 62.4 Å². The number of aliphatic hydroxyl groups excluding tert-OH is 1. The van der Waals surface area contributed by atoms with Gasteiger partial charge in [-0.05, 0) is 38.1 Å². The molecule has 2 aliphatic heterocycles. The third-order valence-electron chi connectivity index (χ3n) is 7.75. The van der Waals surface area contributed by atoms with Gasteiger partial charge in [0.05, 0.1) is 30.0 Å². The molecule has 5 atom stereocenters. The predicted octanol–water partition coefficient (Wildman–Crippen LogP) is 1.11. The zero-order valence-corrected chi connectivity index (χ0v) is 17.6. The number of benzene rings is 1. The lowest BCUT2D eigenvalue weighted by molar-refractivity contribution is -0.170. The summed E-state index contributed by atoms with van der Waals surface area (Å²) >= 11 is 0. The minimum atomic E-state index is -1.10. The number of hydrogen-bond donors (Lipinski definition) is 3. The Balaban J connectivity index is 1.59. The Labute approximate surface area is 180 Å². The summed E-state index contributed by atoms with van der Waals surface area (Å²) in [6.07, 6.45) is 2.37. The van der Waals surface area contributed by atoms with Gasteiger partial charge in [0.2, 0.25) is 0 Å². The molecule has 0 saturated carbocycles. The van der Waals surface area contributed by atoms with E-state index in [2.05, 4.69) is 4.90 Å². The van der Waals surface area contributed by atoms with E-state index in [0.717, 1.165) is 17.7 Å². The average Bonchev–Trinajstić information content (AvgIpc) is 3.08. The summed E-state index contributed by atoms with van der Waals surface area (Å²) in [5, 5.41) is 31.1. The number of hydrogen-bond acceptors (Lipinski definition) is 7. The summed E-state index contributed by atoms with van der Waals surface area (Å²) in [6.45, 7) is 2.02. The standard InChI is InChI=1S/C23H27NO7/c1-12(21(27)28)9-17(26)30-15-5-6-23(29)16-10-13-3-4-14(11-25)19-18(13)22(23,20(15)31-19)7-8-24(16)2/h3-5,12,16,20,25,29H,6-11H2,1-2H3,(H,27,28)/t12-,16+,20?,22?,23+/m0/s1. The highest BCUT2D eigenvalue weighted by molar-refractivity contribution is 5.79. The zero-order chi connectivity index (χ0) is 22.1. The van der Waals surface area contributed by atoms with Crippen LogP contribution in [0.2, 0.25) is 0 Å². The van der Waals surface area contributed by atoms with Gasteiger partial charge in [-0.25, -0.2) is 0 Å². The average molecular weight is 429 g/mol. The first-order valence-electron chi connectivity index (χ1n) is 10.7. The van der Waals surface area contributed by atoms with Crippen molar-refractivity contribution in [3.63, 3.8) is 0 Å². The molecule has 4 aliphatic rings. The lowest BCUT2D eigenvalue weighted by Gasteiger charge is -2.61. The van der Waals surface area contributed by atoms with Crippen molar-refractivity contribution in [2.24, 2.45) is 5.92 Å². The van der Waals surface area contributed by atoms with Crippen LogP contribution >= 0.6 is 0 Å². The normalized spacial score (nSPS) is 33.7. The van der Waals surface area contributed by atoms with Gasteiger partial charge in [-0.1, -0.05) is 19.1 Å². The molecule has 1 saturated heterocycles. The minimum absolute atomic E-state index is 0.105. The summed E-state index contributed by atoms with van der Waals surface area (Å²) in [6, 6.07) is 3.75. The minimum Gasteiger partial charge on any atom is -0.481 e. The number of rotatable bonds is 5. The highest BCUT2D eigenvalue weighted by Gasteiger charge is 2.71. The van der Waals surface area contributed by atoms with Gasteiger partial charge in [-0.2, -0.15) is 0 Å². The molecule has 1 aromatic rings. The van der Waals surface area contributed by atoms with Crippen molar-refractivity contribution in [3.05, 3.63) is 40.7 Å². The van der Waals surface area contributed by atoms with Crippen molar-refractivity contribution in [3.8, 4) is 5.75 Å². The highest BCUT2D eigenvalue weighted by Crippen LogP contribution is 2.64. The molecule has 0 aromatic heterocycles. The number of carboxylic acid groups (broad SMARTS) is 1. The fourth-order valence-electron chi connectivity index (χ4n) is 6.14. The number of aliphatic carboxylic acids is 1. The van der Waals surface area contributed by atoms with Gasteiger partial charge >= 0.3 is 11.9 Å². The number of esters is 1. The third-order valence-corrected chi connectivity index (χ3v) is 7.75. The number of likely N-dealkylation sites (N-methyl/N-ethyl adjacent to an activating group) is 1. The summed E-state index contributed by atoms with van der Waals surface area (Å²) in [5.74, 6) is -1.65. The monoisotopic (exact) mass is 429 g/mol. The molecule has 2 unspecified atom stereocenters. The zero-order valence-electron chi connectivity index (χ0n) is 17.6. The molecule has 2 bridgehead atoms. The molecule has 1 fully saturated rings. The number of carboxylic acids is 1. The summed E-state index contributed by atoms with van der Waals surface area (Å²) in [5.41, 5.74) is 0.786. The molecule has 1 spiro atoms. The molecular formula is C23H27NO7. The Hall–Kier alpha value is -2.42. The van der Waals surface area contributed by atoms with Crippen LogP contribution in [-0.2, 0) is 32.8 Å². The van der Waals surface area contributed by atoms with E-state index < -0.39 is 35.0 Å². The van der Waals surface area contributed by atoms with Crippen LogP contribution in [0.4, 0.5) is 0 Å². The molecule has 0 radical (unpaired) electrons. The topological polar surface area (TPSA) is 117 Å². The van der Waals surface area contributed by atoms with Crippen LogP contribution in [-0.4, -0.2) is 63.5 Å². The van der Waals surface area contributed by atoms with Crippen molar-refractivity contribution in [1.29, 1.82) is 0 Å². The van der Waals surface area contributed by atoms with Crippen molar-refractivity contribution in [1.82, 2.24) is 4.90 Å². The highest BCUT2D eigenvalue weighted by atomic mass is 16.6. The van der Waals surface area contributed by atoms with Crippen molar-refractivity contribution >= 4 is 11.9 Å². The van der Waals surface area contributed by atoms with Gasteiger partial charge in [0.1, 0.15) is 11.5 Å². The van der Waals surface area contributed by atoms with E-state index in [1.165, 1.54) is 6.92 Å². The van der Waals surface area contributed by atoms with E-state index in [-0.39, 0.29) is 19.1 Å². The van der Waals surface area contributed by atoms with Crippen molar-refractivity contribution in [2.75, 3.05) is 13.6 Å². The number of aliphatic hydroxyl groups is 2. The number of carbonyl (C=O) groups is 2. The van der Waals surface area contributed by atoms with Crippen LogP contribution < -0.4 is 4.74 Å². The van der Waals surface area contributed by atoms with Gasteiger partial charge in [0, 0.05) is 23.6 Å². The first-order valence-corrected chi connectivity index (χ1v) is 10.7. The largest absolute Gasteiger partial charge is 0.481 e. The Bertz CT molecular complexity index is 1000. The first kappa shape index (κ1) is 20.5. The molecule has 8 heteroatoms. The summed E-state index contributed by atoms with van der Waals surface area (Å²) in [4.78, 5) is 25.8. The van der Waals surface area contributed by atoms with Crippen LogP contribution in [0.25, 0.3) is 0 Å². The van der Waals surface area contributed by atoms with Crippen LogP contribution in [0.1, 0.15) is 42.9 Å². The van der Waals surface area contributed by atoms with Gasteiger partial charge in [-0.15, -0.1) is 0 Å². The van der Waals surface area contributed by atoms with Crippen LogP contribution in [0, 0.1) is 5.92 Å². The second kappa shape index (κ2) is 6.79. The van der Waals surface area contributed by atoms with Crippen LogP contribution in [0.5, 0.6) is 5.75 Å². The maximum absolute atomic E-state index is 12.5. The maximum Gasteiger partial charge on any atom is 0.311 e. The first-order chi connectivity index (χ1) is 14.7. The van der Waals surface area contributed by atoms with Crippen LogP contribution in [0.3, 0.4) is 0 Å². The molecule has 31 heavy (non-hydrogen) atoms. The quantitative estimate of drug-likeness (QED) is 0.596. The SMILES string of the molecule is C[C@@H](CC(=O)OC1=CC[C@@]2(O)[C@H]3Cc4ccc(CO)c5c4C2(CCN3C)C1O5)C(=O)O. The molecule has 166 valence electrons. The molecule has 2 aliphatic carbocycles. The third kappa shape index (κ3) is 2.58. The lowest BCUT2D eigenvalue weighted by atomic mass is 9.50. The maximum atomic E-state index is 12.5. The van der Waals surface area contributed by atoms with E-state index in [1.54, 1.807) is 6.08 Å². The predicted molar refractivity (Wildman–Crippen MR) is 108 cm³/mol. The number of ether oxygens (including phenoxy) is 2. The van der Waals surface area contributed by atoms with Crippen molar-refractivity contribution < 1.29 is 34.4 Å². The Kier molecular flexibility index (Phi) is 4.48. The smallest absolute Gasteiger partial charge is 0.311 e. The fourth-order valence-corrected chi connectivity index (χ4v) is 6.14. The Morgan fingerprint density at radius 1 is 1.39 bits per heavy atom. The molecule has 0 amide bonds. The van der Waals surface area contributed by atoms with E-state index in [4.69, 9.17) is 14.6 Å². The van der Waals surface area contributed by atoms with Gasteiger partial charge in [0.15, 0.2) is 6.10 Å². The van der Waals surface area contributed by atoms with Gasteiger partial charge < -0.3 is 29.7 Å². The second-order valence-corrected chi connectivity index (χ2v) is 9.32. The lowest BCUT2D eigenvalue weighted by Crippen LogP contribution is -2.74. The van der Waals surface area contributed by atoms with E-state index in [1.807, 2.05) is 19.2 Å². The summed E-state index contributed by atoms with van der Waals surface area (Å²) in [7, 11) is 2.01. The molecular weight excluding hydrogens is 402 g/mol. The molecule has 3 N–H and O–H groups in total. The summed E-state index contributed by atoms with van der Waals surface area (Å²) < 4.78 is 12.0. The fraction of sp³-hybridized carbons (Fsp3) is 0.565. The molecule has 2 heterocycles. The molecule has 1 aromatic carbocycles. The Morgan fingerprint density at radius 2 is 2.16 bits per heavy atom.